The number of aliphatic carboxylic acids is 2. The van der Waals surface area contributed by atoms with E-state index >= 15 is 0 Å². The second kappa shape index (κ2) is 11.0. The lowest BCUT2D eigenvalue weighted by Crippen LogP contribution is -2.53. The number of carboxylic acids is 2. The molecule has 0 spiro atoms. The van der Waals surface area contributed by atoms with Gasteiger partial charge in [-0.3, -0.25) is 19.2 Å². The van der Waals surface area contributed by atoms with Crippen LogP contribution in [0.1, 0.15) is 33.6 Å². The molecule has 0 aromatic heterocycles. The second-order valence-corrected chi connectivity index (χ2v) is 6.11. The van der Waals surface area contributed by atoms with Crippen LogP contribution in [0.4, 0.5) is 0 Å². The number of hydrogen-bond donors (Lipinski definition) is 6. The van der Waals surface area contributed by atoms with E-state index in [1.54, 1.807) is 13.8 Å². The topological polar surface area (TPSA) is 188 Å². The van der Waals surface area contributed by atoms with Gasteiger partial charge in [0.05, 0.1) is 12.6 Å². The van der Waals surface area contributed by atoms with Gasteiger partial charge in [-0.2, -0.15) is 0 Å². The second-order valence-electron chi connectivity index (χ2n) is 6.11. The Labute approximate surface area is 150 Å². The summed E-state index contributed by atoms with van der Waals surface area (Å²) < 4.78 is 0. The molecule has 0 aliphatic heterocycles. The van der Waals surface area contributed by atoms with E-state index < -0.39 is 54.3 Å². The molecule has 26 heavy (non-hydrogen) atoms. The Bertz CT molecular complexity index is 550. The van der Waals surface area contributed by atoms with Crippen LogP contribution in [0, 0.1) is 5.92 Å². The van der Waals surface area contributed by atoms with Crippen molar-refractivity contribution >= 4 is 29.7 Å². The summed E-state index contributed by atoms with van der Waals surface area (Å²) in [5.74, 6) is -4.66. The Hall–Kier alpha value is -2.69. The van der Waals surface area contributed by atoms with Crippen LogP contribution in [0.25, 0.3) is 0 Å². The molecule has 3 atom stereocenters. The number of carbonyl (C=O) groups is 5. The normalized spacial score (nSPS) is 14.0. The lowest BCUT2D eigenvalue weighted by Gasteiger charge is -2.21. The molecule has 0 aromatic rings. The molecule has 3 unspecified atom stereocenters. The van der Waals surface area contributed by atoms with Gasteiger partial charge in [0.25, 0.3) is 0 Å². The summed E-state index contributed by atoms with van der Waals surface area (Å²) in [5, 5.41) is 24.4. The van der Waals surface area contributed by atoms with Crippen molar-refractivity contribution in [1.82, 2.24) is 16.0 Å². The van der Waals surface area contributed by atoms with Crippen LogP contribution in [0.2, 0.25) is 0 Å². The fraction of sp³-hybridized carbons (Fsp3) is 0.667. The lowest BCUT2D eigenvalue weighted by molar-refractivity contribution is -0.143. The summed E-state index contributed by atoms with van der Waals surface area (Å²) in [6, 6.07) is -3.17. The Kier molecular flexibility index (Phi) is 9.89. The quantitative estimate of drug-likeness (QED) is 0.240. The first-order chi connectivity index (χ1) is 12.0. The summed E-state index contributed by atoms with van der Waals surface area (Å²) >= 11 is 0. The van der Waals surface area contributed by atoms with Crippen LogP contribution in [-0.4, -0.2) is 64.5 Å². The predicted molar refractivity (Wildman–Crippen MR) is 89.9 cm³/mol. The van der Waals surface area contributed by atoms with Gasteiger partial charge in [0.1, 0.15) is 12.1 Å². The van der Waals surface area contributed by atoms with Crippen LogP contribution >= 0.6 is 0 Å². The van der Waals surface area contributed by atoms with E-state index in [2.05, 4.69) is 16.0 Å². The molecule has 0 rings (SSSR count). The monoisotopic (exact) mass is 374 g/mol. The standard InChI is InChI=1S/C15H26N4O7/c1-7(2)12(15(25)26)19-13(23)8(3)18-10(20)6-17-14(24)9(16)4-5-11(21)22/h7-9,12H,4-6,16H2,1-3H3,(H,17,24)(H,18,20)(H,19,23)(H,21,22)(H,25,26). The van der Waals surface area contributed by atoms with Crippen molar-refractivity contribution in [1.29, 1.82) is 0 Å². The Balaban J connectivity index is 4.37. The highest BCUT2D eigenvalue weighted by Gasteiger charge is 2.26. The molecule has 0 bridgehead atoms. The molecule has 3 amide bonds. The third-order valence-corrected chi connectivity index (χ3v) is 3.43. The highest BCUT2D eigenvalue weighted by atomic mass is 16.4. The average molecular weight is 374 g/mol. The zero-order valence-electron chi connectivity index (χ0n) is 14.9. The number of hydrogen-bond acceptors (Lipinski definition) is 6. The van der Waals surface area contributed by atoms with Crippen molar-refractivity contribution in [2.45, 2.75) is 51.7 Å². The number of carbonyl (C=O) groups excluding carboxylic acids is 3. The van der Waals surface area contributed by atoms with Gasteiger partial charge >= 0.3 is 11.9 Å². The largest absolute Gasteiger partial charge is 0.481 e. The number of carboxylic acid groups (broad SMARTS) is 2. The number of rotatable bonds is 11. The van der Waals surface area contributed by atoms with Crippen LogP contribution in [-0.2, 0) is 24.0 Å². The van der Waals surface area contributed by atoms with E-state index in [-0.39, 0.29) is 18.8 Å². The fourth-order valence-corrected chi connectivity index (χ4v) is 1.86. The van der Waals surface area contributed by atoms with E-state index in [9.17, 15) is 24.0 Å². The number of nitrogens with one attached hydrogen (secondary N) is 3. The van der Waals surface area contributed by atoms with Crippen molar-refractivity contribution < 1.29 is 34.2 Å². The maximum atomic E-state index is 11.9. The fourth-order valence-electron chi connectivity index (χ4n) is 1.86. The smallest absolute Gasteiger partial charge is 0.326 e. The SMILES string of the molecule is CC(NC(=O)CNC(=O)C(N)CCC(=O)O)C(=O)NC(C(=O)O)C(C)C. The molecular weight excluding hydrogens is 348 g/mol. The predicted octanol–water partition coefficient (Wildman–Crippen LogP) is -1.98. The van der Waals surface area contributed by atoms with Crippen LogP contribution < -0.4 is 21.7 Å². The van der Waals surface area contributed by atoms with Crippen molar-refractivity contribution in [3.63, 3.8) is 0 Å². The van der Waals surface area contributed by atoms with Crippen LogP contribution in [0.15, 0.2) is 0 Å². The van der Waals surface area contributed by atoms with E-state index in [0.717, 1.165) is 0 Å². The molecule has 0 aliphatic carbocycles. The van der Waals surface area contributed by atoms with Crippen molar-refractivity contribution in [3.8, 4) is 0 Å². The number of amides is 3. The third-order valence-electron chi connectivity index (χ3n) is 3.43. The van der Waals surface area contributed by atoms with Gasteiger partial charge in [-0.1, -0.05) is 13.8 Å². The zero-order chi connectivity index (χ0) is 20.4. The van der Waals surface area contributed by atoms with Gasteiger partial charge in [-0.25, -0.2) is 4.79 Å². The molecule has 148 valence electrons. The van der Waals surface area contributed by atoms with E-state index in [1.807, 2.05) is 0 Å². The maximum absolute atomic E-state index is 11.9. The first-order valence-corrected chi connectivity index (χ1v) is 8.03. The summed E-state index contributed by atoms with van der Waals surface area (Å²) in [4.78, 5) is 56.8. The van der Waals surface area contributed by atoms with Gasteiger partial charge in [0.2, 0.25) is 17.7 Å². The van der Waals surface area contributed by atoms with E-state index in [0.29, 0.717) is 0 Å². The Morgan fingerprint density at radius 3 is 2.00 bits per heavy atom. The first kappa shape index (κ1) is 23.3. The molecule has 0 saturated heterocycles. The minimum absolute atomic E-state index is 0.0760. The third kappa shape index (κ3) is 8.97. The zero-order valence-corrected chi connectivity index (χ0v) is 14.9. The van der Waals surface area contributed by atoms with Gasteiger partial charge in [-0.05, 0) is 19.3 Å². The van der Waals surface area contributed by atoms with E-state index in [1.165, 1.54) is 6.92 Å². The highest BCUT2D eigenvalue weighted by Crippen LogP contribution is 2.02. The maximum Gasteiger partial charge on any atom is 0.326 e. The summed E-state index contributed by atoms with van der Waals surface area (Å²) in [6.45, 7) is 4.17. The molecule has 11 heteroatoms. The van der Waals surface area contributed by atoms with Crippen LogP contribution in [0.5, 0.6) is 0 Å². The Morgan fingerprint density at radius 2 is 1.54 bits per heavy atom. The molecule has 0 aromatic carbocycles. The molecule has 0 saturated carbocycles. The first-order valence-electron chi connectivity index (χ1n) is 8.03. The molecule has 0 radical (unpaired) electrons. The van der Waals surface area contributed by atoms with Crippen molar-refractivity contribution in [3.05, 3.63) is 0 Å². The molecule has 7 N–H and O–H groups in total. The van der Waals surface area contributed by atoms with Gasteiger partial charge in [0, 0.05) is 6.42 Å². The van der Waals surface area contributed by atoms with Gasteiger partial charge in [0.15, 0.2) is 0 Å². The van der Waals surface area contributed by atoms with Crippen molar-refractivity contribution in [2.75, 3.05) is 6.54 Å². The minimum atomic E-state index is -1.19. The lowest BCUT2D eigenvalue weighted by atomic mass is 10.0. The molecule has 11 nitrogen and oxygen atoms in total. The number of nitrogens with two attached hydrogens (primary N) is 1. The highest BCUT2D eigenvalue weighted by molar-refractivity contribution is 5.92. The molecule has 0 fully saturated rings. The Morgan fingerprint density at radius 1 is 0.962 bits per heavy atom. The van der Waals surface area contributed by atoms with E-state index in [4.69, 9.17) is 15.9 Å². The molecule has 0 aliphatic rings. The summed E-state index contributed by atoms with van der Waals surface area (Å²) in [5.41, 5.74) is 5.49. The average Bonchev–Trinajstić information content (AvgIpc) is 2.53. The van der Waals surface area contributed by atoms with Crippen molar-refractivity contribution in [2.24, 2.45) is 11.7 Å². The van der Waals surface area contributed by atoms with Gasteiger partial charge < -0.3 is 31.9 Å². The summed E-state index contributed by atoms with van der Waals surface area (Å²) in [6.07, 6.45) is -0.355. The van der Waals surface area contributed by atoms with Gasteiger partial charge in [-0.15, -0.1) is 0 Å². The summed E-state index contributed by atoms with van der Waals surface area (Å²) in [7, 11) is 0. The molecular formula is C15H26N4O7. The van der Waals surface area contributed by atoms with Crippen LogP contribution in [0.3, 0.4) is 0 Å². The molecule has 0 heterocycles. The minimum Gasteiger partial charge on any atom is -0.481 e.